The second kappa shape index (κ2) is 2.81. The van der Waals surface area contributed by atoms with Gasteiger partial charge in [0, 0.05) is 11.1 Å². The molecule has 1 aliphatic heterocycles. The molecule has 0 fully saturated rings. The predicted molar refractivity (Wildman–Crippen MR) is 57.8 cm³/mol. The molecule has 3 heteroatoms. The normalized spacial score (nSPS) is 13.3. The van der Waals surface area contributed by atoms with Gasteiger partial charge in [-0.2, -0.15) is 0 Å². The second-order valence-electron chi connectivity index (χ2n) is 3.62. The number of aliphatic hydroxyl groups is 1. The quantitative estimate of drug-likeness (QED) is 0.736. The van der Waals surface area contributed by atoms with E-state index >= 15 is 0 Å². The van der Waals surface area contributed by atoms with Gasteiger partial charge in [-0.25, -0.2) is 0 Å². The molecule has 0 saturated carbocycles. The van der Waals surface area contributed by atoms with Crippen molar-refractivity contribution in [3.63, 3.8) is 0 Å². The molecule has 3 rings (SSSR count). The van der Waals surface area contributed by atoms with Crippen LogP contribution in [0.5, 0.6) is 0 Å². The van der Waals surface area contributed by atoms with E-state index in [0.29, 0.717) is 11.1 Å². The summed E-state index contributed by atoms with van der Waals surface area (Å²) < 4.78 is 0. The summed E-state index contributed by atoms with van der Waals surface area (Å²) in [7, 11) is 0. The van der Waals surface area contributed by atoms with Gasteiger partial charge < -0.3 is 10.4 Å². The number of aliphatic hydroxyl groups excluding tert-OH is 1. The molecule has 1 amide bonds. The van der Waals surface area contributed by atoms with Gasteiger partial charge in [0.25, 0.3) is 5.91 Å². The zero-order chi connectivity index (χ0) is 10.4. The van der Waals surface area contributed by atoms with Gasteiger partial charge in [-0.05, 0) is 17.0 Å². The van der Waals surface area contributed by atoms with Gasteiger partial charge in [0.05, 0.1) is 12.2 Å². The third-order valence-electron chi connectivity index (χ3n) is 2.78. The van der Waals surface area contributed by atoms with Crippen molar-refractivity contribution in [2.75, 3.05) is 5.32 Å². The highest BCUT2D eigenvalue weighted by molar-refractivity contribution is 6.24. The van der Waals surface area contributed by atoms with Crippen molar-refractivity contribution in [3.8, 4) is 0 Å². The molecule has 15 heavy (non-hydrogen) atoms. The molecular formula is C12H9NO2. The van der Waals surface area contributed by atoms with E-state index in [9.17, 15) is 4.79 Å². The van der Waals surface area contributed by atoms with E-state index in [2.05, 4.69) is 5.32 Å². The van der Waals surface area contributed by atoms with Crippen LogP contribution in [0.3, 0.4) is 0 Å². The standard InChI is InChI=1S/C12H9NO2/c14-6-8-5-4-7-2-1-3-9-10(7)11(8)12(15)13-9/h1-5,14H,6H2,(H,13,15). The number of carbonyl (C=O) groups is 1. The Labute approximate surface area is 86.3 Å². The highest BCUT2D eigenvalue weighted by atomic mass is 16.3. The smallest absolute Gasteiger partial charge is 0.256 e. The monoisotopic (exact) mass is 199 g/mol. The topological polar surface area (TPSA) is 49.3 Å². The number of rotatable bonds is 1. The maximum atomic E-state index is 11.7. The second-order valence-corrected chi connectivity index (χ2v) is 3.62. The van der Waals surface area contributed by atoms with Gasteiger partial charge in [-0.3, -0.25) is 4.79 Å². The fraction of sp³-hybridized carbons (Fsp3) is 0.0833. The molecule has 2 N–H and O–H groups in total. The van der Waals surface area contributed by atoms with Gasteiger partial charge in [-0.1, -0.05) is 24.3 Å². The summed E-state index contributed by atoms with van der Waals surface area (Å²) in [6.45, 7) is -0.104. The third-order valence-corrected chi connectivity index (χ3v) is 2.78. The van der Waals surface area contributed by atoms with Crippen molar-refractivity contribution >= 4 is 22.4 Å². The first-order valence-electron chi connectivity index (χ1n) is 4.78. The van der Waals surface area contributed by atoms with E-state index in [-0.39, 0.29) is 12.5 Å². The Hall–Kier alpha value is -1.87. The van der Waals surface area contributed by atoms with E-state index in [1.54, 1.807) is 6.07 Å². The molecule has 3 nitrogen and oxygen atoms in total. The van der Waals surface area contributed by atoms with Crippen LogP contribution in [0.1, 0.15) is 15.9 Å². The van der Waals surface area contributed by atoms with Crippen LogP contribution in [0.25, 0.3) is 10.8 Å². The lowest BCUT2D eigenvalue weighted by Gasteiger charge is -2.03. The Morgan fingerprint density at radius 3 is 2.87 bits per heavy atom. The molecule has 0 radical (unpaired) electrons. The lowest BCUT2D eigenvalue weighted by atomic mass is 10.0. The van der Waals surface area contributed by atoms with E-state index in [4.69, 9.17) is 5.11 Å². The van der Waals surface area contributed by atoms with Crippen LogP contribution in [0.2, 0.25) is 0 Å². The van der Waals surface area contributed by atoms with Gasteiger partial charge in [0.2, 0.25) is 0 Å². The molecule has 2 aromatic carbocycles. The molecule has 0 unspecified atom stereocenters. The first-order valence-corrected chi connectivity index (χ1v) is 4.78. The van der Waals surface area contributed by atoms with Gasteiger partial charge in [0.15, 0.2) is 0 Å². The highest BCUT2D eigenvalue weighted by Gasteiger charge is 2.23. The molecule has 1 aliphatic rings. The Morgan fingerprint density at radius 2 is 2.07 bits per heavy atom. The minimum absolute atomic E-state index is 0.104. The zero-order valence-corrected chi connectivity index (χ0v) is 7.95. The summed E-state index contributed by atoms with van der Waals surface area (Å²) in [4.78, 5) is 11.7. The average molecular weight is 199 g/mol. The van der Waals surface area contributed by atoms with E-state index in [1.807, 2.05) is 24.3 Å². The summed E-state index contributed by atoms with van der Waals surface area (Å²) in [5.41, 5.74) is 2.14. The maximum absolute atomic E-state index is 11.7. The molecule has 0 bridgehead atoms. The van der Waals surface area contributed by atoms with Crippen molar-refractivity contribution in [3.05, 3.63) is 41.5 Å². The first kappa shape index (κ1) is 8.44. The van der Waals surface area contributed by atoms with Crippen LogP contribution < -0.4 is 5.32 Å². The predicted octanol–water partition coefficient (Wildman–Crippen LogP) is 1.90. The lowest BCUT2D eigenvalue weighted by molar-refractivity contribution is 0.102. The summed E-state index contributed by atoms with van der Waals surface area (Å²) in [5.74, 6) is -0.120. The SMILES string of the molecule is O=C1Nc2cccc3ccc(CO)c1c23. The van der Waals surface area contributed by atoms with Crippen molar-refractivity contribution in [1.82, 2.24) is 0 Å². The van der Waals surface area contributed by atoms with Crippen molar-refractivity contribution in [1.29, 1.82) is 0 Å². The number of anilines is 1. The molecular weight excluding hydrogens is 190 g/mol. The van der Waals surface area contributed by atoms with Crippen LogP contribution >= 0.6 is 0 Å². The zero-order valence-electron chi connectivity index (χ0n) is 7.95. The molecule has 1 heterocycles. The minimum Gasteiger partial charge on any atom is -0.392 e. The van der Waals surface area contributed by atoms with Crippen LogP contribution in [-0.2, 0) is 6.61 Å². The third kappa shape index (κ3) is 1.01. The number of amides is 1. The van der Waals surface area contributed by atoms with Gasteiger partial charge in [-0.15, -0.1) is 0 Å². The molecule has 74 valence electrons. The fourth-order valence-electron chi connectivity index (χ4n) is 2.10. The summed E-state index contributed by atoms with van der Waals surface area (Å²) in [6, 6.07) is 9.47. The largest absolute Gasteiger partial charge is 0.392 e. The summed E-state index contributed by atoms with van der Waals surface area (Å²) in [5, 5.41) is 13.9. The van der Waals surface area contributed by atoms with E-state index in [0.717, 1.165) is 16.5 Å². The Bertz CT molecular complexity index is 575. The molecule has 0 aromatic heterocycles. The minimum atomic E-state index is -0.120. The molecule has 0 aliphatic carbocycles. The average Bonchev–Trinajstić information content (AvgIpc) is 2.59. The fourth-order valence-corrected chi connectivity index (χ4v) is 2.10. The number of nitrogens with one attached hydrogen (secondary N) is 1. The molecule has 0 atom stereocenters. The Balaban J connectivity index is 2.50. The number of hydrogen-bond acceptors (Lipinski definition) is 2. The highest BCUT2D eigenvalue weighted by Crippen LogP contribution is 2.34. The number of benzene rings is 2. The van der Waals surface area contributed by atoms with Crippen LogP contribution in [-0.4, -0.2) is 11.0 Å². The van der Waals surface area contributed by atoms with E-state index < -0.39 is 0 Å². The molecule has 2 aromatic rings. The number of hydrogen-bond donors (Lipinski definition) is 2. The lowest BCUT2D eigenvalue weighted by Crippen LogP contribution is -2.07. The van der Waals surface area contributed by atoms with Crippen molar-refractivity contribution in [2.24, 2.45) is 0 Å². The summed E-state index contributed by atoms with van der Waals surface area (Å²) >= 11 is 0. The summed E-state index contributed by atoms with van der Waals surface area (Å²) in [6.07, 6.45) is 0. The maximum Gasteiger partial charge on any atom is 0.256 e. The molecule has 0 spiro atoms. The van der Waals surface area contributed by atoms with Gasteiger partial charge >= 0.3 is 0 Å². The van der Waals surface area contributed by atoms with Crippen LogP contribution in [0.15, 0.2) is 30.3 Å². The Morgan fingerprint density at radius 1 is 1.20 bits per heavy atom. The van der Waals surface area contributed by atoms with E-state index in [1.165, 1.54) is 0 Å². The number of carbonyl (C=O) groups excluding carboxylic acids is 1. The van der Waals surface area contributed by atoms with Crippen molar-refractivity contribution in [2.45, 2.75) is 6.61 Å². The Kier molecular flexibility index (Phi) is 1.58. The van der Waals surface area contributed by atoms with Gasteiger partial charge in [0.1, 0.15) is 0 Å². The first-order chi connectivity index (χ1) is 7.31. The van der Waals surface area contributed by atoms with Crippen LogP contribution in [0.4, 0.5) is 5.69 Å². The van der Waals surface area contributed by atoms with Crippen LogP contribution in [0, 0.1) is 0 Å². The van der Waals surface area contributed by atoms with Crippen molar-refractivity contribution < 1.29 is 9.90 Å². The molecule has 0 saturated heterocycles.